The van der Waals surface area contributed by atoms with Gasteiger partial charge in [0.15, 0.2) is 9.84 Å². The molecule has 1 atom stereocenters. The number of aryl methyl sites for hydroxylation is 1. The lowest BCUT2D eigenvalue weighted by Gasteiger charge is -2.27. The van der Waals surface area contributed by atoms with Crippen LogP contribution in [0.3, 0.4) is 0 Å². The zero-order chi connectivity index (χ0) is 14.8. The van der Waals surface area contributed by atoms with Gasteiger partial charge in [0.25, 0.3) is 0 Å². The summed E-state index contributed by atoms with van der Waals surface area (Å²) in [4.78, 5) is 13.9. The summed E-state index contributed by atoms with van der Waals surface area (Å²) < 4.78 is 23.2. The Bertz CT molecular complexity index is 617. The number of carbonyl (C=O) groups is 1. The molecule has 0 aliphatic carbocycles. The summed E-state index contributed by atoms with van der Waals surface area (Å²) in [6.45, 7) is 3.91. The molecule has 4 nitrogen and oxygen atoms in total. The zero-order valence-electron chi connectivity index (χ0n) is 11.7. The molecule has 108 valence electrons. The fraction of sp³-hybridized carbons (Fsp3) is 0.400. The predicted octanol–water partition coefficient (Wildman–Crippen LogP) is 2.44. The summed E-state index contributed by atoms with van der Waals surface area (Å²) in [6, 6.07) is 7.18. The summed E-state index contributed by atoms with van der Waals surface area (Å²) >= 11 is 0. The molecule has 0 fully saturated rings. The van der Waals surface area contributed by atoms with Crippen LogP contribution in [0, 0.1) is 6.92 Å². The fourth-order valence-corrected chi connectivity index (χ4v) is 3.55. The standard InChI is InChI=1S/C15H19NO3S/c1-3-4-15(17)16(13-7-5-12(2)6-8-13)14-9-10-20(18,19)11-14/h5-10,14H,3-4,11H2,1-2H3. The molecule has 0 spiro atoms. The Labute approximate surface area is 120 Å². The van der Waals surface area contributed by atoms with Crippen molar-refractivity contribution in [3.63, 3.8) is 0 Å². The van der Waals surface area contributed by atoms with Gasteiger partial charge in [-0.3, -0.25) is 4.79 Å². The summed E-state index contributed by atoms with van der Waals surface area (Å²) in [7, 11) is -3.18. The van der Waals surface area contributed by atoms with Crippen molar-refractivity contribution in [2.45, 2.75) is 32.7 Å². The van der Waals surface area contributed by atoms with Gasteiger partial charge in [-0.2, -0.15) is 0 Å². The summed E-state index contributed by atoms with van der Waals surface area (Å²) in [6.07, 6.45) is 2.76. The van der Waals surface area contributed by atoms with Crippen molar-refractivity contribution in [3.05, 3.63) is 41.3 Å². The first-order valence-electron chi connectivity index (χ1n) is 6.72. The molecule has 0 saturated carbocycles. The minimum Gasteiger partial charge on any atom is -0.304 e. The van der Waals surface area contributed by atoms with Crippen molar-refractivity contribution in [1.29, 1.82) is 0 Å². The van der Waals surface area contributed by atoms with Gasteiger partial charge in [0.1, 0.15) is 0 Å². The number of nitrogens with zero attached hydrogens (tertiary/aromatic N) is 1. The first-order valence-corrected chi connectivity index (χ1v) is 8.44. The van der Waals surface area contributed by atoms with Crippen LogP contribution in [0.25, 0.3) is 0 Å². The Hall–Kier alpha value is -1.62. The van der Waals surface area contributed by atoms with Crippen LogP contribution in [-0.2, 0) is 14.6 Å². The van der Waals surface area contributed by atoms with Crippen LogP contribution in [0.5, 0.6) is 0 Å². The zero-order valence-corrected chi connectivity index (χ0v) is 12.6. The first-order chi connectivity index (χ1) is 9.43. The van der Waals surface area contributed by atoms with E-state index in [1.54, 1.807) is 11.0 Å². The van der Waals surface area contributed by atoms with Crippen molar-refractivity contribution in [2.24, 2.45) is 0 Å². The number of amides is 1. The molecule has 1 heterocycles. The summed E-state index contributed by atoms with van der Waals surface area (Å²) in [5.74, 6) is -0.0702. The van der Waals surface area contributed by atoms with Crippen molar-refractivity contribution in [2.75, 3.05) is 10.7 Å². The molecule has 0 bridgehead atoms. The van der Waals surface area contributed by atoms with Crippen molar-refractivity contribution < 1.29 is 13.2 Å². The molecule has 0 saturated heterocycles. The third kappa shape index (κ3) is 3.28. The van der Waals surface area contributed by atoms with Crippen LogP contribution in [0.15, 0.2) is 35.7 Å². The molecule has 5 heteroatoms. The normalized spacial score (nSPS) is 20.0. The average molecular weight is 293 g/mol. The number of hydrogen-bond acceptors (Lipinski definition) is 3. The van der Waals surface area contributed by atoms with Crippen LogP contribution in [-0.4, -0.2) is 26.1 Å². The smallest absolute Gasteiger partial charge is 0.227 e. The van der Waals surface area contributed by atoms with Crippen LogP contribution in [0.4, 0.5) is 5.69 Å². The number of sulfone groups is 1. The maximum atomic E-state index is 12.3. The second-order valence-corrected chi connectivity index (χ2v) is 7.01. The van der Waals surface area contributed by atoms with E-state index in [0.29, 0.717) is 6.42 Å². The highest BCUT2D eigenvalue weighted by atomic mass is 32.2. The average Bonchev–Trinajstić information content (AvgIpc) is 2.73. The molecule has 0 aromatic heterocycles. The molecule has 1 amide bonds. The van der Waals surface area contributed by atoms with Gasteiger partial charge >= 0.3 is 0 Å². The number of hydrogen-bond donors (Lipinski definition) is 0. The lowest BCUT2D eigenvalue weighted by atomic mass is 10.1. The van der Waals surface area contributed by atoms with E-state index in [-0.39, 0.29) is 11.7 Å². The molecule has 1 unspecified atom stereocenters. The lowest BCUT2D eigenvalue weighted by Crippen LogP contribution is -2.41. The van der Waals surface area contributed by atoms with E-state index in [2.05, 4.69) is 0 Å². The Kier molecular flexibility index (Phi) is 4.28. The Balaban J connectivity index is 2.33. The van der Waals surface area contributed by atoms with Crippen LogP contribution < -0.4 is 4.90 Å². The Morgan fingerprint density at radius 3 is 2.45 bits per heavy atom. The fourth-order valence-electron chi connectivity index (χ4n) is 2.28. The second kappa shape index (κ2) is 5.79. The van der Waals surface area contributed by atoms with Gasteiger partial charge in [-0.1, -0.05) is 24.6 Å². The number of benzene rings is 1. The van der Waals surface area contributed by atoms with E-state index >= 15 is 0 Å². The molecule has 2 rings (SSSR count). The van der Waals surface area contributed by atoms with Crippen molar-refractivity contribution in [3.8, 4) is 0 Å². The van der Waals surface area contributed by atoms with Crippen molar-refractivity contribution in [1.82, 2.24) is 0 Å². The minimum atomic E-state index is -3.18. The molecule has 0 N–H and O–H groups in total. The highest BCUT2D eigenvalue weighted by molar-refractivity contribution is 7.94. The van der Waals surface area contributed by atoms with Crippen LogP contribution in [0.1, 0.15) is 25.3 Å². The number of rotatable bonds is 4. The topological polar surface area (TPSA) is 54.5 Å². The monoisotopic (exact) mass is 293 g/mol. The van der Waals surface area contributed by atoms with Crippen LogP contribution >= 0.6 is 0 Å². The molecule has 0 radical (unpaired) electrons. The van der Waals surface area contributed by atoms with Gasteiger partial charge in [0.05, 0.1) is 11.8 Å². The van der Waals surface area contributed by atoms with Gasteiger partial charge < -0.3 is 4.90 Å². The maximum absolute atomic E-state index is 12.3. The van der Waals surface area contributed by atoms with E-state index in [1.165, 1.54) is 5.41 Å². The van der Waals surface area contributed by atoms with E-state index in [0.717, 1.165) is 17.7 Å². The third-order valence-corrected chi connectivity index (χ3v) is 4.67. The van der Waals surface area contributed by atoms with Gasteiger partial charge in [0.2, 0.25) is 5.91 Å². The molecule has 1 aliphatic heterocycles. The molecule has 20 heavy (non-hydrogen) atoms. The summed E-state index contributed by atoms with van der Waals surface area (Å²) in [5, 5.41) is 1.21. The van der Waals surface area contributed by atoms with Crippen LogP contribution in [0.2, 0.25) is 0 Å². The Morgan fingerprint density at radius 2 is 1.95 bits per heavy atom. The predicted molar refractivity (Wildman–Crippen MR) is 80.3 cm³/mol. The van der Waals surface area contributed by atoms with Crippen molar-refractivity contribution >= 4 is 21.4 Å². The largest absolute Gasteiger partial charge is 0.304 e. The molecule has 1 aromatic carbocycles. The van der Waals surface area contributed by atoms with Gasteiger partial charge in [0, 0.05) is 17.5 Å². The highest BCUT2D eigenvalue weighted by Gasteiger charge is 2.30. The molecule has 1 aliphatic rings. The third-order valence-electron chi connectivity index (χ3n) is 3.29. The summed E-state index contributed by atoms with van der Waals surface area (Å²) in [5.41, 5.74) is 1.85. The van der Waals surface area contributed by atoms with Gasteiger partial charge in [-0.15, -0.1) is 0 Å². The van der Waals surface area contributed by atoms with E-state index < -0.39 is 15.9 Å². The van der Waals surface area contributed by atoms with E-state index in [9.17, 15) is 13.2 Å². The highest BCUT2D eigenvalue weighted by Crippen LogP contribution is 2.24. The van der Waals surface area contributed by atoms with Gasteiger partial charge in [-0.05, 0) is 31.6 Å². The minimum absolute atomic E-state index is 0.0314. The SMILES string of the molecule is CCCC(=O)N(c1ccc(C)cc1)C1C=CS(=O)(=O)C1. The number of carbonyl (C=O) groups excluding carboxylic acids is 1. The first kappa shape index (κ1) is 14.8. The van der Waals surface area contributed by atoms with Gasteiger partial charge in [-0.25, -0.2) is 8.42 Å². The molecule has 1 aromatic rings. The van der Waals surface area contributed by atoms with E-state index in [1.807, 2.05) is 38.1 Å². The molecular weight excluding hydrogens is 274 g/mol. The quantitative estimate of drug-likeness (QED) is 0.856. The van der Waals surface area contributed by atoms with E-state index in [4.69, 9.17) is 0 Å². The Morgan fingerprint density at radius 1 is 1.30 bits per heavy atom. The lowest BCUT2D eigenvalue weighted by molar-refractivity contribution is -0.118. The number of anilines is 1. The molecular formula is C15H19NO3S. The second-order valence-electron chi connectivity index (χ2n) is 5.07. The maximum Gasteiger partial charge on any atom is 0.227 e.